The van der Waals surface area contributed by atoms with Crippen LogP contribution in [0.25, 0.3) is 0 Å². The zero-order valence-electron chi connectivity index (χ0n) is 11.0. The Bertz CT molecular complexity index is 286. The fraction of sp³-hybridized carbons (Fsp3) is 0.929. The fourth-order valence-electron chi connectivity index (χ4n) is 2.98. The third-order valence-corrected chi connectivity index (χ3v) is 4.57. The molecule has 2 aliphatic carbocycles. The first-order chi connectivity index (χ1) is 8.03. The summed E-state index contributed by atoms with van der Waals surface area (Å²) in [7, 11) is 0. The van der Waals surface area contributed by atoms with E-state index in [1.165, 1.54) is 19.3 Å². The highest BCUT2D eigenvalue weighted by atomic mass is 16.4. The van der Waals surface area contributed by atoms with Gasteiger partial charge in [0.05, 0.1) is 0 Å². The Morgan fingerprint density at radius 2 is 2.12 bits per heavy atom. The zero-order valence-corrected chi connectivity index (χ0v) is 11.0. The second-order valence-electron chi connectivity index (χ2n) is 6.31. The molecule has 2 N–H and O–H groups in total. The largest absolute Gasteiger partial charge is 0.480 e. The first-order valence-corrected chi connectivity index (χ1v) is 7.02. The Kier molecular flexibility index (Phi) is 3.76. The van der Waals surface area contributed by atoms with Crippen LogP contribution in [0.1, 0.15) is 52.4 Å². The molecule has 2 saturated carbocycles. The van der Waals surface area contributed by atoms with Crippen LogP contribution in [0.15, 0.2) is 0 Å². The summed E-state index contributed by atoms with van der Waals surface area (Å²) in [6.45, 7) is 5.32. The van der Waals surface area contributed by atoms with E-state index in [0.717, 1.165) is 31.7 Å². The number of hydrogen-bond acceptors (Lipinski definition) is 2. The van der Waals surface area contributed by atoms with Crippen LogP contribution in [0.5, 0.6) is 0 Å². The van der Waals surface area contributed by atoms with E-state index < -0.39 is 11.5 Å². The molecule has 0 heterocycles. The van der Waals surface area contributed by atoms with Crippen molar-refractivity contribution in [3.05, 3.63) is 0 Å². The molecule has 3 nitrogen and oxygen atoms in total. The van der Waals surface area contributed by atoms with Crippen LogP contribution in [0.2, 0.25) is 0 Å². The maximum Gasteiger partial charge on any atom is 0.323 e. The van der Waals surface area contributed by atoms with Crippen molar-refractivity contribution in [2.24, 2.45) is 17.8 Å². The summed E-state index contributed by atoms with van der Waals surface area (Å²) in [5.41, 5.74) is -0.629. The minimum Gasteiger partial charge on any atom is -0.480 e. The molecule has 0 aromatic heterocycles. The molecule has 2 atom stereocenters. The Morgan fingerprint density at radius 3 is 2.65 bits per heavy atom. The molecule has 2 unspecified atom stereocenters. The topological polar surface area (TPSA) is 49.3 Å². The van der Waals surface area contributed by atoms with Gasteiger partial charge in [0.15, 0.2) is 0 Å². The molecule has 17 heavy (non-hydrogen) atoms. The van der Waals surface area contributed by atoms with E-state index in [1.807, 2.05) is 0 Å². The lowest BCUT2D eigenvalue weighted by atomic mass is 9.71. The molecule has 0 radical (unpaired) electrons. The maximum absolute atomic E-state index is 11.6. The lowest BCUT2D eigenvalue weighted by molar-refractivity contribution is -0.147. The summed E-state index contributed by atoms with van der Waals surface area (Å²) in [5.74, 6) is 1.26. The number of rotatable bonds is 5. The summed E-state index contributed by atoms with van der Waals surface area (Å²) < 4.78 is 0. The van der Waals surface area contributed by atoms with E-state index in [-0.39, 0.29) is 0 Å². The molecule has 0 saturated heterocycles. The van der Waals surface area contributed by atoms with Crippen LogP contribution in [-0.4, -0.2) is 23.2 Å². The average molecular weight is 239 g/mol. The molecule has 0 amide bonds. The maximum atomic E-state index is 11.6. The van der Waals surface area contributed by atoms with Crippen molar-refractivity contribution in [2.75, 3.05) is 6.54 Å². The van der Waals surface area contributed by atoms with E-state index in [9.17, 15) is 9.90 Å². The second-order valence-corrected chi connectivity index (χ2v) is 6.31. The molecule has 3 heteroatoms. The number of nitrogens with one attached hydrogen (secondary N) is 1. The lowest BCUT2D eigenvalue weighted by Crippen LogP contribution is -2.55. The fourth-order valence-corrected chi connectivity index (χ4v) is 2.98. The highest BCUT2D eigenvalue weighted by Gasteiger charge is 2.43. The first-order valence-electron chi connectivity index (χ1n) is 7.02. The van der Waals surface area contributed by atoms with Crippen molar-refractivity contribution in [1.82, 2.24) is 5.32 Å². The monoisotopic (exact) mass is 239 g/mol. The van der Waals surface area contributed by atoms with E-state index in [2.05, 4.69) is 19.2 Å². The van der Waals surface area contributed by atoms with Crippen molar-refractivity contribution in [2.45, 2.75) is 57.9 Å². The number of aliphatic carboxylic acids is 1. The summed E-state index contributed by atoms with van der Waals surface area (Å²) in [6, 6.07) is 0. The lowest BCUT2D eigenvalue weighted by Gasteiger charge is -2.40. The van der Waals surface area contributed by atoms with Gasteiger partial charge < -0.3 is 10.4 Å². The molecule has 98 valence electrons. The van der Waals surface area contributed by atoms with Gasteiger partial charge in [0.1, 0.15) is 5.54 Å². The van der Waals surface area contributed by atoms with Crippen molar-refractivity contribution >= 4 is 5.97 Å². The zero-order chi connectivity index (χ0) is 12.5. The van der Waals surface area contributed by atoms with Gasteiger partial charge in [-0.3, -0.25) is 4.79 Å². The average Bonchev–Trinajstić information content (AvgIpc) is 3.10. The molecule has 0 aromatic carbocycles. The molecule has 0 aliphatic heterocycles. The first kappa shape index (κ1) is 12.9. The molecule has 2 fully saturated rings. The Morgan fingerprint density at radius 1 is 1.41 bits per heavy atom. The molecule has 0 aromatic rings. The molecule has 2 aliphatic rings. The highest BCUT2D eigenvalue weighted by Crippen LogP contribution is 2.37. The minimum absolute atomic E-state index is 0.562. The summed E-state index contributed by atoms with van der Waals surface area (Å²) >= 11 is 0. The Labute approximate surface area is 104 Å². The van der Waals surface area contributed by atoms with Crippen LogP contribution in [0.3, 0.4) is 0 Å². The molecular formula is C14H25NO2. The molecular weight excluding hydrogens is 214 g/mol. The van der Waals surface area contributed by atoms with Gasteiger partial charge in [0, 0.05) is 0 Å². The van der Waals surface area contributed by atoms with Crippen LogP contribution < -0.4 is 5.32 Å². The Balaban J connectivity index is 2.00. The Hall–Kier alpha value is -0.570. The summed E-state index contributed by atoms with van der Waals surface area (Å²) in [5, 5.41) is 12.9. The van der Waals surface area contributed by atoms with Gasteiger partial charge in [0.2, 0.25) is 0 Å². The number of hydrogen-bond donors (Lipinski definition) is 2. The normalized spacial score (nSPS) is 33.9. The van der Waals surface area contributed by atoms with E-state index in [0.29, 0.717) is 11.8 Å². The van der Waals surface area contributed by atoms with Gasteiger partial charge >= 0.3 is 5.97 Å². The van der Waals surface area contributed by atoms with Gasteiger partial charge in [-0.15, -0.1) is 0 Å². The van der Waals surface area contributed by atoms with Crippen molar-refractivity contribution < 1.29 is 9.90 Å². The van der Waals surface area contributed by atoms with Gasteiger partial charge in [-0.1, -0.05) is 26.7 Å². The van der Waals surface area contributed by atoms with Crippen LogP contribution in [-0.2, 0) is 4.79 Å². The third-order valence-electron chi connectivity index (χ3n) is 4.57. The standard InChI is InChI=1S/C14H25NO2/c1-10(2)12-4-3-7-14(8-12,13(16)17)15-9-11-5-6-11/h10-12,15H,3-9H2,1-2H3,(H,16,17). The van der Waals surface area contributed by atoms with Crippen molar-refractivity contribution in [3.63, 3.8) is 0 Å². The number of carbonyl (C=O) groups is 1. The van der Waals surface area contributed by atoms with Gasteiger partial charge in [-0.2, -0.15) is 0 Å². The van der Waals surface area contributed by atoms with Crippen molar-refractivity contribution in [3.8, 4) is 0 Å². The van der Waals surface area contributed by atoms with E-state index in [4.69, 9.17) is 0 Å². The quantitative estimate of drug-likeness (QED) is 0.775. The van der Waals surface area contributed by atoms with Gasteiger partial charge in [-0.05, 0) is 50.0 Å². The van der Waals surface area contributed by atoms with Gasteiger partial charge in [-0.25, -0.2) is 0 Å². The third kappa shape index (κ3) is 3.01. The molecule has 0 bridgehead atoms. The highest BCUT2D eigenvalue weighted by molar-refractivity contribution is 5.79. The summed E-state index contributed by atoms with van der Waals surface area (Å²) in [4.78, 5) is 11.6. The summed E-state index contributed by atoms with van der Waals surface area (Å²) in [6.07, 6.45) is 6.40. The van der Waals surface area contributed by atoms with E-state index in [1.54, 1.807) is 0 Å². The number of carboxylic acids is 1. The predicted octanol–water partition coefficient (Wildman–Crippen LogP) is 2.66. The second kappa shape index (κ2) is 4.97. The van der Waals surface area contributed by atoms with E-state index >= 15 is 0 Å². The molecule has 2 rings (SSSR count). The van der Waals surface area contributed by atoms with Crippen LogP contribution in [0, 0.1) is 17.8 Å². The minimum atomic E-state index is -0.636. The SMILES string of the molecule is CC(C)C1CCCC(NCC2CC2)(C(=O)O)C1. The van der Waals surface area contributed by atoms with Crippen molar-refractivity contribution in [1.29, 1.82) is 0 Å². The van der Waals surface area contributed by atoms with Crippen LogP contribution >= 0.6 is 0 Å². The predicted molar refractivity (Wildman–Crippen MR) is 67.9 cm³/mol. The van der Waals surface area contributed by atoms with Crippen LogP contribution in [0.4, 0.5) is 0 Å². The molecule has 0 spiro atoms. The smallest absolute Gasteiger partial charge is 0.323 e. The van der Waals surface area contributed by atoms with Gasteiger partial charge in [0.25, 0.3) is 0 Å². The number of carboxylic acid groups (broad SMARTS) is 1.